The number of nitrogens with one attached hydrogen (secondary N) is 1. The third kappa shape index (κ3) is 3.28. The smallest absolute Gasteiger partial charge is 0.130 e. The Bertz CT molecular complexity index is 537. The van der Waals surface area contributed by atoms with Gasteiger partial charge in [-0.2, -0.15) is 0 Å². The van der Waals surface area contributed by atoms with Gasteiger partial charge in [-0.05, 0) is 32.4 Å². The summed E-state index contributed by atoms with van der Waals surface area (Å²) in [5, 5.41) is 3.57. The first-order valence-electron chi connectivity index (χ1n) is 7.48. The zero-order chi connectivity index (χ0) is 14.5. The Balaban J connectivity index is 2.41. The molecule has 3 heteroatoms. The molecule has 1 aromatic heterocycles. The van der Waals surface area contributed by atoms with Gasteiger partial charge in [0.1, 0.15) is 5.82 Å². The zero-order valence-electron chi connectivity index (χ0n) is 13.0. The van der Waals surface area contributed by atoms with Gasteiger partial charge in [-0.1, -0.05) is 43.2 Å². The predicted molar refractivity (Wildman–Crippen MR) is 84.0 cm³/mol. The van der Waals surface area contributed by atoms with E-state index in [1.807, 2.05) is 6.20 Å². The minimum Gasteiger partial charge on any atom is -0.333 e. The third-order valence-corrected chi connectivity index (χ3v) is 3.46. The van der Waals surface area contributed by atoms with Gasteiger partial charge >= 0.3 is 0 Å². The standard InChI is InChI=1S/C17H25N3/c1-5-8-20-9-7-19-17(20)16(18-6-2)15-11-13(3)10-14(4)12-15/h7,9-12,16,18H,5-6,8H2,1-4H3. The van der Waals surface area contributed by atoms with E-state index >= 15 is 0 Å². The number of hydrogen-bond acceptors (Lipinski definition) is 2. The Labute approximate surface area is 122 Å². The first-order valence-corrected chi connectivity index (χ1v) is 7.48. The molecule has 3 nitrogen and oxygen atoms in total. The van der Waals surface area contributed by atoms with Crippen molar-refractivity contribution in [1.29, 1.82) is 0 Å². The molecule has 0 bridgehead atoms. The van der Waals surface area contributed by atoms with Crippen molar-refractivity contribution in [3.8, 4) is 0 Å². The molecule has 0 spiro atoms. The molecule has 2 rings (SSSR count). The highest BCUT2D eigenvalue weighted by molar-refractivity contribution is 5.33. The largest absolute Gasteiger partial charge is 0.333 e. The summed E-state index contributed by atoms with van der Waals surface area (Å²) in [6, 6.07) is 6.89. The van der Waals surface area contributed by atoms with Gasteiger partial charge in [0.2, 0.25) is 0 Å². The van der Waals surface area contributed by atoms with Crippen molar-refractivity contribution < 1.29 is 0 Å². The SMILES string of the molecule is CCCn1ccnc1C(NCC)c1cc(C)cc(C)c1. The second kappa shape index (κ2) is 6.71. The van der Waals surface area contributed by atoms with Gasteiger partial charge < -0.3 is 9.88 Å². The molecule has 0 radical (unpaired) electrons. The molecule has 1 aromatic carbocycles. The summed E-state index contributed by atoms with van der Waals surface area (Å²) in [5.41, 5.74) is 3.90. The second-order valence-electron chi connectivity index (χ2n) is 5.39. The Morgan fingerprint density at radius 1 is 1.15 bits per heavy atom. The molecule has 108 valence electrons. The number of aryl methyl sites for hydroxylation is 3. The highest BCUT2D eigenvalue weighted by Crippen LogP contribution is 2.23. The maximum Gasteiger partial charge on any atom is 0.130 e. The Morgan fingerprint density at radius 3 is 2.45 bits per heavy atom. The fourth-order valence-corrected chi connectivity index (χ4v) is 2.75. The average molecular weight is 271 g/mol. The number of rotatable bonds is 6. The zero-order valence-corrected chi connectivity index (χ0v) is 13.0. The van der Waals surface area contributed by atoms with Crippen LogP contribution in [0.5, 0.6) is 0 Å². The molecule has 20 heavy (non-hydrogen) atoms. The number of imidazole rings is 1. The molecule has 1 heterocycles. The Hall–Kier alpha value is -1.61. The van der Waals surface area contributed by atoms with E-state index < -0.39 is 0 Å². The lowest BCUT2D eigenvalue weighted by Gasteiger charge is -2.20. The van der Waals surface area contributed by atoms with E-state index in [9.17, 15) is 0 Å². The monoisotopic (exact) mass is 271 g/mol. The van der Waals surface area contributed by atoms with Gasteiger partial charge in [0.25, 0.3) is 0 Å². The van der Waals surface area contributed by atoms with Crippen LogP contribution in [0, 0.1) is 13.8 Å². The third-order valence-electron chi connectivity index (χ3n) is 3.46. The van der Waals surface area contributed by atoms with Crippen LogP contribution in [0.1, 0.15) is 48.8 Å². The van der Waals surface area contributed by atoms with Gasteiger partial charge in [-0.25, -0.2) is 4.98 Å². The molecule has 2 aromatic rings. The Morgan fingerprint density at radius 2 is 1.85 bits per heavy atom. The van der Waals surface area contributed by atoms with Crippen LogP contribution in [0.15, 0.2) is 30.6 Å². The molecule has 0 amide bonds. The molecule has 1 unspecified atom stereocenters. The van der Waals surface area contributed by atoms with Gasteiger partial charge in [0, 0.05) is 18.9 Å². The minimum absolute atomic E-state index is 0.167. The first-order chi connectivity index (χ1) is 9.65. The van der Waals surface area contributed by atoms with Crippen LogP contribution in [-0.2, 0) is 6.54 Å². The van der Waals surface area contributed by atoms with Crippen molar-refractivity contribution in [2.45, 2.75) is 46.7 Å². The normalized spacial score (nSPS) is 12.6. The molecule has 0 aliphatic heterocycles. The van der Waals surface area contributed by atoms with Crippen LogP contribution in [0.4, 0.5) is 0 Å². The maximum absolute atomic E-state index is 4.59. The summed E-state index contributed by atoms with van der Waals surface area (Å²) >= 11 is 0. The molecule has 1 atom stereocenters. The molecular formula is C17H25N3. The van der Waals surface area contributed by atoms with Gasteiger partial charge in [0.05, 0.1) is 6.04 Å². The van der Waals surface area contributed by atoms with E-state index in [2.05, 4.69) is 67.0 Å². The van der Waals surface area contributed by atoms with E-state index in [1.165, 1.54) is 16.7 Å². The van der Waals surface area contributed by atoms with E-state index in [4.69, 9.17) is 0 Å². The summed E-state index contributed by atoms with van der Waals surface area (Å²) in [5.74, 6) is 1.11. The number of benzene rings is 1. The lowest BCUT2D eigenvalue weighted by Crippen LogP contribution is -2.25. The van der Waals surface area contributed by atoms with Crippen LogP contribution < -0.4 is 5.32 Å². The molecule has 0 saturated carbocycles. The van der Waals surface area contributed by atoms with Gasteiger partial charge in [-0.15, -0.1) is 0 Å². The topological polar surface area (TPSA) is 29.9 Å². The van der Waals surface area contributed by atoms with Crippen molar-refractivity contribution in [3.63, 3.8) is 0 Å². The molecule has 1 N–H and O–H groups in total. The van der Waals surface area contributed by atoms with E-state index in [1.54, 1.807) is 0 Å². The molecule has 0 saturated heterocycles. The Kier molecular flexibility index (Phi) is 4.96. The fourth-order valence-electron chi connectivity index (χ4n) is 2.75. The molecular weight excluding hydrogens is 246 g/mol. The van der Waals surface area contributed by atoms with Crippen molar-refractivity contribution in [1.82, 2.24) is 14.9 Å². The van der Waals surface area contributed by atoms with Crippen molar-refractivity contribution in [3.05, 3.63) is 53.1 Å². The predicted octanol–water partition coefficient (Wildman–Crippen LogP) is 3.61. The highest BCUT2D eigenvalue weighted by Gasteiger charge is 2.18. The number of nitrogens with zero attached hydrogens (tertiary/aromatic N) is 2. The average Bonchev–Trinajstić information content (AvgIpc) is 2.83. The summed E-state index contributed by atoms with van der Waals surface area (Å²) in [7, 11) is 0. The number of aromatic nitrogens is 2. The van der Waals surface area contributed by atoms with Gasteiger partial charge in [-0.3, -0.25) is 0 Å². The van der Waals surface area contributed by atoms with Crippen molar-refractivity contribution in [2.24, 2.45) is 0 Å². The lowest BCUT2D eigenvalue weighted by atomic mass is 10.0. The van der Waals surface area contributed by atoms with Crippen LogP contribution in [0.25, 0.3) is 0 Å². The minimum atomic E-state index is 0.167. The van der Waals surface area contributed by atoms with Crippen LogP contribution in [0.3, 0.4) is 0 Å². The molecule has 0 fully saturated rings. The molecule has 0 aliphatic carbocycles. The lowest BCUT2D eigenvalue weighted by molar-refractivity contribution is 0.543. The summed E-state index contributed by atoms with van der Waals surface area (Å²) in [6.07, 6.45) is 5.10. The summed E-state index contributed by atoms with van der Waals surface area (Å²) in [6.45, 7) is 10.6. The quantitative estimate of drug-likeness (QED) is 0.870. The first kappa shape index (κ1) is 14.8. The van der Waals surface area contributed by atoms with Crippen LogP contribution >= 0.6 is 0 Å². The molecule has 0 aliphatic rings. The van der Waals surface area contributed by atoms with E-state index in [0.717, 1.165) is 25.3 Å². The van der Waals surface area contributed by atoms with E-state index in [0.29, 0.717) is 0 Å². The van der Waals surface area contributed by atoms with E-state index in [-0.39, 0.29) is 6.04 Å². The number of hydrogen-bond donors (Lipinski definition) is 1. The second-order valence-corrected chi connectivity index (χ2v) is 5.39. The van der Waals surface area contributed by atoms with Crippen LogP contribution in [0.2, 0.25) is 0 Å². The highest BCUT2D eigenvalue weighted by atomic mass is 15.1. The van der Waals surface area contributed by atoms with Crippen molar-refractivity contribution >= 4 is 0 Å². The van der Waals surface area contributed by atoms with Crippen LogP contribution in [-0.4, -0.2) is 16.1 Å². The van der Waals surface area contributed by atoms with Crippen molar-refractivity contribution in [2.75, 3.05) is 6.54 Å². The summed E-state index contributed by atoms with van der Waals surface area (Å²) < 4.78 is 2.25. The van der Waals surface area contributed by atoms with Gasteiger partial charge in [0.15, 0.2) is 0 Å². The fraction of sp³-hybridized carbons (Fsp3) is 0.471. The maximum atomic E-state index is 4.59. The summed E-state index contributed by atoms with van der Waals surface area (Å²) in [4.78, 5) is 4.59.